The normalized spacial score (nSPS) is 17.1. The molecule has 0 spiro atoms. The van der Waals surface area contributed by atoms with E-state index in [0.717, 1.165) is 18.4 Å². The van der Waals surface area contributed by atoms with Crippen LogP contribution in [0.25, 0.3) is 0 Å². The van der Waals surface area contributed by atoms with Gasteiger partial charge >= 0.3 is 0 Å². The first-order chi connectivity index (χ1) is 9.56. The SMILES string of the molecule is C[C@@H](N)C(=O)NC(Cc1ccccc1)C(=O)NC1CC1. The van der Waals surface area contributed by atoms with Gasteiger partial charge in [-0.25, -0.2) is 0 Å². The van der Waals surface area contributed by atoms with Crippen molar-refractivity contribution in [2.75, 3.05) is 0 Å². The fourth-order valence-corrected chi connectivity index (χ4v) is 1.89. The third kappa shape index (κ3) is 4.35. The van der Waals surface area contributed by atoms with E-state index in [1.807, 2.05) is 30.3 Å². The van der Waals surface area contributed by atoms with Gasteiger partial charge in [-0.1, -0.05) is 30.3 Å². The van der Waals surface area contributed by atoms with Gasteiger partial charge in [0.25, 0.3) is 0 Å². The van der Waals surface area contributed by atoms with Crippen LogP contribution in [-0.4, -0.2) is 29.9 Å². The molecule has 20 heavy (non-hydrogen) atoms. The molecule has 2 amide bonds. The number of nitrogens with two attached hydrogens (primary N) is 1. The zero-order chi connectivity index (χ0) is 14.5. The number of hydrogen-bond acceptors (Lipinski definition) is 3. The monoisotopic (exact) mass is 275 g/mol. The van der Waals surface area contributed by atoms with Crippen molar-refractivity contribution >= 4 is 11.8 Å². The molecule has 2 atom stereocenters. The van der Waals surface area contributed by atoms with Crippen molar-refractivity contribution in [3.05, 3.63) is 35.9 Å². The Hall–Kier alpha value is -1.88. The summed E-state index contributed by atoms with van der Waals surface area (Å²) in [4.78, 5) is 23.9. The topological polar surface area (TPSA) is 84.2 Å². The number of carbonyl (C=O) groups excluding carboxylic acids is 2. The molecule has 4 N–H and O–H groups in total. The number of hydrogen-bond donors (Lipinski definition) is 3. The lowest BCUT2D eigenvalue weighted by molar-refractivity contribution is -0.129. The van der Waals surface area contributed by atoms with Gasteiger partial charge in [-0.3, -0.25) is 9.59 Å². The highest BCUT2D eigenvalue weighted by Crippen LogP contribution is 2.19. The van der Waals surface area contributed by atoms with Crippen molar-refractivity contribution in [3.63, 3.8) is 0 Å². The van der Waals surface area contributed by atoms with E-state index in [2.05, 4.69) is 10.6 Å². The van der Waals surface area contributed by atoms with Gasteiger partial charge < -0.3 is 16.4 Å². The summed E-state index contributed by atoms with van der Waals surface area (Å²) >= 11 is 0. The Labute approximate surface area is 118 Å². The molecular weight excluding hydrogens is 254 g/mol. The quantitative estimate of drug-likeness (QED) is 0.700. The standard InChI is InChI=1S/C15H21N3O2/c1-10(16)14(19)18-13(15(20)17-12-7-8-12)9-11-5-3-2-4-6-11/h2-6,10,12-13H,7-9,16H2,1H3,(H,17,20)(H,18,19)/t10-,13?/m1/s1. The highest BCUT2D eigenvalue weighted by molar-refractivity contribution is 5.89. The van der Waals surface area contributed by atoms with Crippen LogP contribution in [0.3, 0.4) is 0 Å². The Balaban J connectivity index is 2.02. The van der Waals surface area contributed by atoms with Crippen LogP contribution in [-0.2, 0) is 16.0 Å². The summed E-state index contributed by atoms with van der Waals surface area (Å²) in [6.45, 7) is 1.60. The molecule has 1 unspecified atom stereocenters. The van der Waals surface area contributed by atoms with Crippen molar-refractivity contribution in [2.24, 2.45) is 5.73 Å². The molecule has 1 saturated carbocycles. The predicted molar refractivity (Wildman–Crippen MR) is 76.9 cm³/mol. The van der Waals surface area contributed by atoms with Crippen molar-refractivity contribution < 1.29 is 9.59 Å². The highest BCUT2D eigenvalue weighted by Gasteiger charge is 2.28. The van der Waals surface area contributed by atoms with Crippen LogP contribution in [0, 0.1) is 0 Å². The maximum absolute atomic E-state index is 12.2. The Morgan fingerprint density at radius 3 is 2.45 bits per heavy atom. The number of benzene rings is 1. The van der Waals surface area contributed by atoms with Crippen LogP contribution in [0.1, 0.15) is 25.3 Å². The fraction of sp³-hybridized carbons (Fsp3) is 0.467. The van der Waals surface area contributed by atoms with Gasteiger partial charge in [-0.15, -0.1) is 0 Å². The smallest absolute Gasteiger partial charge is 0.243 e. The molecule has 1 aromatic rings. The Morgan fingerprint density at radius 1 is 1.25 bits per heavy atom. The van der Waals surface area contributed by atoms with Crippen molar-refractivity contribution in [2.45, 2.75) is 44.3 Å². The van der Waals surface area contributed by atoms with E-state index < -0.39 is 12.1 Å². The average Bonchev–Trinajstić information content (AvgIpc) is 3.22. The van der Waals surface area contributed by atoms with Gasteiger partial charge in [0.2, 0.25) is 11.8 Å². The number of carbonyl (C=O) groups is 2. The number of nitrogens with one attached hydrogen (secondary N) is 2. The molecule has 2 rings (SSSR count). The lowest BCUT2D eigenvalue weighted by Gasteiger charge is -2.19. The zero-order valence-corrected chi connectivity index (χ0v) is 11.6. The van der Waals surface area contributed by atoms with E-state index in [1.165, 1.54) is 0 Å². The molecule has 0 saturated heterocycles. The first-order valence-corrected chi connectivity index (χ1v) is 6.96. The maximum Gasteiger partial charge on any atom is 0.243 e. The third-order valence-electron chi connectivity index (χ3n) is 3.25. The Kier molecular flexibility index (Phi) is 4.74. The van der Waals surface area contributed by atoms with Gasteiger partial charge in [0.15, 0.2) is 0 Å². The lowest BCUT2D eigenvalue weighted by atomic mass is 10.0. The summed E-state index contributed by atoms with van der Waals surface area (Å²) in [5.41, 5.74) is 6.56. The molecule has 1 aliphatic rings. The summed E-state index contributed by atoms with van der Waals surface area (Å²) in [7, 11) is 0. The van der Waals surface area contributed by atoms with E-state index in [-0.39, 0.29) is 17.9 Å². The minimum Gasteiger partial charge on any atom is -0.352 e. The largest absolute Gasteiger partial charge is 0.352 e. The second-order valence-corrected chi connectivity index (χ2v) is 5.32. The summed E-state index contributed by atoms with van der Waals surface area (Å²) in [5, 5.41) is 5.65. The van der Waals surface area contributed by atoms with E-state index in [4.69, 9.17) is 5.73 Å². The molecule has 108 valence electrons. The fourth-order valence-electron chi connectivity index (χ4n) is 1.89. The van der Waals surface area contributed by atoms with Gasteiger partial charge in [0.05, 0.1) is 6.04 Å². The summed E-state index contributed by atoms with van der Waals surface area (Å²) in [6, 6.07) is 8.71. The summed E-state index contributed by atoms with van der Waals surface area (Å²) < 4.78 is 0. The average molecular weight is 275 g/mol. The van der Waals surface area contributed by atoms with Crippen LogP contribution < -0.4 is 16.4 Å². The first kappa shape index (κ1) is 14.5. The van der Waals surface area contributed by atoms with Crippen molar-refractivity contribution in [1.29, 1.82) is 0 Å². The van der Waals surface area contributed by atoms with Gasteiger partial charge in [-0.05, 0) is 25.3 Å². The van der Waals surface area contributed by atoms with Crippen molar-refractivity contribution in [3.8, 4) is 0 Å². The zero-order valence-electron chi connectivity index (χ0n) is 11.6. The van der Waals surface area contributed by atoms with Crippen LogP contribution in [0.15, 0.2) is 30.3 Å². The summed E-state index contributed by atoms with van der Waals surface area (Å²) in [5.74, 6) is -0.442. The maximum atomic E-state index is 12.2. The minimum atomic E-state index is -0.623. The van der Waals surface area contributed by atoms with Crippen LogP contribution in [0.2, 0.25) is 0 Å². The molecule has 0 heterocycles. The molecular formula is C15H21N3O2. The Morgan fingerprint density at radius 2 is 1.90 bits per heavy atom. The van der Waals surface area contributed by atoms with Crippen LogP contribution >= 0.6 is 0 Å². The number of rotatable bonds is 6. The molecule has 5 nitrogen and oxygen atoms in total. The minimum absolute atomic E-state index is 0.134. The van der Waals surface area contributed by atoms with Gasteiger partial charge in [0.1, 0.15) is 6.04 Å². The Bertz CT molecular complexity index is 469. The van der Waals surface area contributed by atoms with E-state index >= 15 is 0 Å². The molecule has 1 aliphatic carbocycles. The molecule has 0 aliphatic heterocycles. The second-order valence-electron chi connectivity index (χ2n) is 5.32. The molecule has 5 heteroatoms. The lowest BCUT2D eigenvalue weighted by Crippen LogP contribution is -2.52. The van der Waals surface area contributed by atoms with Crippen LogP contribution in [0.5, 0.6) is 0 Å². The summed E-state index contributed by atoms with van der Waals surface area (Å²) in [6.07, 6.45) is 2.51. The van der Waals surface area contributed by atoms with Gasteiger partial charge in [0, 0.05) is 12.5 Å². The molecule has 1 aromatic carbocycles. The molecule has 0 radical (unpaired) electrons. The highest BCUT2D eigenvalue weighted by atomic mass is 16.2. The molecule has 1 fully saturated rings. The first-order valence-electron chi connectivity index (χ1n) is 6.96. The van der Waals surface area contributed by atoms with E-state index in [0.29, 0.717) is 6.42 Å². The number of amides is 2. The van der Waals surface area contributed by atoms with Gasteiger partial charge in [-0.2, -0.15) is 0 Å². The predicted octanol–water partition coefficient (Wildman–Crippen LogP) is 0.340. The molecule has 0 bridgehead atoms. The molecule has 0 aromatic heterocycles. The van der Waals surface area contributed by atoms with E-state index in [9.17, 15) is 9.59 Å². The third-order valence-corrected chi connectivity index (χ3v) is 3.25. The second kappa shape index (κ2) is 6.52. The van der Waals surface area contributed by atoms with E-state index in [1.54, 1.807) is 6.92 Å². The van der Waals surface area contributed by atoms with Crippen LogP contribution in [0.4, 0.5) is 0 Å². The van der Waals surface area contributed by atoms with Crippen molar-refractivity contribution in [1.82, 2.24) is 10.6 Å².